The third kappa shape index (κ3) is 44.1. The Morgan fingerprint density at radius 1 is 0.459 bits per heavy atom. The van der Waals surface area contributed by atoms with Gasteiger partial charge in [-0.1, -0.05) is 85.1 Å². The van der Waals surface area contributed by atoms with E-state index < -0.39 is 11.9 Å². The first-order chi connectivity index (χ1) is 17.5. The van der Waals surface area contributed by atoms with E-state index in [0.29, 0.717) is 12.8 Å². The van der Waals surface area contributed by atoms with Gasteiger partial charge in [-0.25, -0.2) is 0 Å². The molecule has 0 spiro atoms. The number of aliphatic carboxylic acids is 2. The predicted octanol–water partition coefficient (Wildman–Crippen LogP) is 6.26. The van der Waals surface area contributed by atoms with Gasteiger partial charge >= 0.3 is 23.1 Å². The van der Waals surface area contributed by atoms with Crippen LogP contribution in [0.1, 0.15) is 89.9 Å². The topological polar surface area (TPSA) is 80.3 Å². The van der Waals surface area contributed by atoms with Crippen molar-refractivity contribution in [2.45, 2.75) is 89.9 Å². The van der Waals surface area contributed by atoms with Crippen LogP contribution in [0.15, 0.2) is 98.2 Å². The molecule has 0 atom stereocenters. The van der Waals surface area contributed by atoms with E-state index in [9.17, 15) is 19.8 Å². The monoisotopic (exact) mass is 518 g/mol. The Kier molecular flexibility index (Phi) is 37.9. The molecule has 0 heterocycles. The second-order valence-corrected chi connectivity index (χ2v) is 8.06. The summed E-state index contributed by atoms with van der Waals surface area (Å²) in [6.45, 7) is 7.29. The maximum absolute atomic E-state index is 10.2. The fourth-order valence-corrected chi connectivity index (χ4v) is 2.77. The van der Waals surface area contributed by atoms with Gasteiger partial charge in [-0.15, -0.1) is 13.2 Å². The van der Waals surface area contributed by atoms with E-state index in [1.807, 2.05) is 12.2 Å². The van der Waals surface area contributed by atoms with Crippen molar-refractivity contribution in [2.24, 2.45) is 0 Å². The third-order valence-corrected chi connectivity index (χ3v) is 4.70. The normalized spacial score (nSPS) is 11.5. The quantitative estimate of drug-likeness (QED) is 0.0961. The van der Waals surface area contributed by atoms with Crippen LogP contribution in [0.25, 0.3) is 0 Å². The molecule has 5 heteroatoms. The van der Waals surface area contributed by atoms with Crippen molar-refractivity contribution in [3.63, 3.8) is 0 Å². The van der Waals surface area contributed by atoms with Crippen LogP contribution in [0.2, 0.25) is 0 Å². The van der Waals surface area contributed by atoms with Crippen molar-refractivity contribution < 1.29 is 19.8 Å². The molecule has 0 aromatic carbocycles. The summed E-state index contributed by atoms with van der Waals surface area (Å²) in [4.78, 5) is 20.3. The molecule has 0 N–H and O–H groups in total. The average Bonchev–Trinajstić information content (AvgIpc) is 2.85. The second kappa shape index (κ2) is 35.8. The molecule has 0 saturated carbocycles. The minimum Gasteiger partial charge on any atom is -0.550 e. The van der Waals surface area contributed by atoms with Gasteiger partial charge in [-0.3, -0.25) is 0 Å². The van der Waals surface area contributed by atoms with Gasteiger partial charge in [0.2, 0.25) is 0 Å². The van der Waals surface area contributed by atoms with E-state index in [1.54, 1.807) is 0 Å². The third-order valence-electron chi connectivity index (χ3n) is 4.70. The summed E-state index contributed by atoms with van der Waals surface area (Å²) >= 11 is 0. The summed E-state index contributed by atoms with van der Waals surface area (Å²) in [6, 6.07) is 0. The molecule has 37 heavy (non-hydrogen) atoms. The second-order valence-electron chi connectivity index (χ2n) is 8.06. The minimum atomic E-state index is -0.952. The fourth-order valence-electron chi connectivity index (χ4n) is 2.77. The van der Waals surface area contributed by atoms with Crippen LogP contribution in [0.3, 0.4) is 0 Å². The van der Waals surface area contributed by atoms with Crippen LogP contribution in [0, 0.1) is 0 Å². The molecule has 200 valence electrons. The number of rotatable bonds is 22. The standard InChI is InChI=1S/2C16H24O2.Mg/c2*1-2-3-4-5-6-7-8-9-10-11-12-13-14-15-16(17)18;/h2*2,4-5,7-8,10-11H,1,3,6,9,12-15H2,(H,17,18);/q;;+2/p-2/b2*5-4+,8-7+,11-10+;. The summed E-state index contributed by atoms with van der Waals surface area (Å²) in [6.07, 6.45) is 40.3. The number of hydrogen-bond acceptors (Lipinski definition) is 4. The van der Waals surface area contributed by atoms with Gasteiger partial charge < -0.3 is 19.8 Å². The smallest absolute Gasteiger partial charge is 0.550 e. The number of carboxylic acids is 2. The maximum atomic E-state index is 10.2. The Balaban J connectivity index is -0.000000608. The van der Waals surface area contributed by atoms with Crippen LogP contribution in [-0.2, 0) is 9.59 Å². The molecule has 4 nitrogen and oxygen atoms in total. The fraction of sp³-hybridized carbons (Fsp3) is 0.438. The Morgan fingerprint density at radius 3 is 1.00 bits per heavy atom. The van der Waals surface area contributed by atoms with Gasteiger partial charge in [0.25, 0.3) is 0 Å². The number of unbranched alkanes of at least 4 members (excludes halogenated alkanes) is 4. The molecule has 0 aliphatic rings. The summed E-state index contributed by atoms with van der Waals surface area (Å²) in [5, 5.41) is 20.3. The Bertz CT molecular complexity index is 665. The van der Waals surface area contributed by atoms with Crippen LogP contribution in [-0.4, -0.2) is 35.0 Å². The first-order valence-corrected chi connectivity index (χ1v) is 13.1. The van der Waals surface area contributed by atoms with Gasteiger partial charge in [0.15, 0.2) is 0 Å². The molecule has 0 amide bonds. The van der Waals surface area contributed by atoms with E-state index >= 15 is 0 Å². The van der Waals surface area contributed by atoms with E-state index in [-0.39, 0.29) is 35.9 Å². The summed E-state index contributed by atoms with van der Waals surface area (Å²) in [5.41, 5.74) is 0. The Hall–Kier alpha value is -2.37. The van der Waals surface area contributed by atoms with Gasteiger partial charge in [0.1, 0.15) is 0 Å². The molecule has 0 unspecified atom stereocenters. The molecule has 0 aliphatic carbocycles. The van der Waals surface area contributed by atoms with Crippen LogP contribution in [0.5, 0.6) is 0 Å². The van der Waals surface area contributed by atoms with Crippen molar-refractivity contribution in [1.29, 1.82) is 0 Å². The van der Waals surface area contributed by atoms with Gasteiger partial charge in [-0.2, -0.15) is 0 Å². The molecule has 0 bridgehead atoms. The first kappa shape index (κ1) is 39.1. The average molecular weight is 519 g/mol. The molecule has 0 rings (SSSR count). The first-order valence-electron chi connectivity index (χ1n) is 13.1. The minimum absolute atomic E-state index is 0. The molecule has 0 fully saturated rings. The van der Waals surface area contributed by atoms with E-state index in [0.717, 1.165) is 64.2 Å². The number of carbonyl (C=O) groups is 2. The molecule has 0 aromatic heterocycles. The summed E-state index contributed by atoms with van der Waals surface area (Å²) in [5.74, 6) is -1.90. The maximum Gasteiger partial charge on any atom is 2.00 e. The number of hydrogen-bond donors (Lipinski definition) is 0. The van der Waals surface area contributed by atoms with E-state index in [1.165, 1.54) is 0 Å². The molecular formula is C32H46MgO4. The van der Waals surface area contributed by atoms with Crippen LogP contribution >= 0.6 is 0 Å². The SMILES string of the molecule is C=CC/C=C/C/C=C/C/C=C/CCCCC(=O)[O-].C=CC/C=C/C/C=C/C/C=C/CCCCC(=O)[O-].[Mg+2]. The zero-order valence-corrected chi connectivity index (χ0v) is 24.2. The Labute approximate surface area is 242 Å². The molecule has 0 aromatic rings. The van der Waals surface area contributed by atoms with Crippen LogP contribution in [0.4, 0.5) is 0 Å². The van der Waals surface area contributed by atoms with Crippen molar-refractivity contribution in [3.8, 4) is 0 Å². The van der Waals surface area contributed by atoms with Crippen LogP contribution < -0.4 is 10.2 Å². The van der Waals surface area contributed by atoms with Crippen molar-refractivity contribution in [1.82, 2.24) is 0 Å². The van der Waals surface area contributed by atoms with Gasteiger partial charge in [0, 0.05) is 11.9 Å². The van der Waals surface area contributed by atoms with Crippen molar-refractivity contribution in [3.05, 3.63) is 98.2 Å². The molecular weight excluding hydrogens is 473 g/mol. The summed E-state index contributed by atoms with van der Waals surface area (Å²) in [7, 11) is 0. The number of carbonyl (C=O) groups excluding carboxylic acids is 2. The van der Waals surface area contributed by atoms with Gasteiger partial charge in [0.05, 0.1) is 0 Å². The molecule has 0 aliphatic heterocycles. The van der Waals surface area contributed by atoms with E-state index in [4.69, 9.17) is 0 Å². The zero-order valence-electron chi connectivity index (χ0n) is 22.7. The van der Waals surface area contributed by atoms with Crippen molar-refractivity contribution >= 4 is 35.0 Å². The van der Waals surface area contributed by atoms with Crippen molar-refractivity contribution in [2.75, 3.05) is 0 Å². The van der Waals surface area contributed by atoms with E-state index in [2.05, 4.69) is 86.1 Å². The largest absolute Gasteiger partial charge is 2.00 e. The predicted molar refractivity (Wildman–Crippen MR) is 156 cm³/mol. The molecule has 0 radical (unpaired) electrons. The molecule has 0 saturated heterocycles. The zero-order chi connectivity index (χ0) is 27.0. The number of allylic oxidation sites excluding steroid dienone is 14. The summed E-state index contributed by atoms with van der Waals surface area (Å²) < 4.78 is 0. The Morgan fingerprint density at radius 2 is 0.730 bits per heavy atom. The number of carboxylic acid groups (broad SMARTS) is 2. The van der Waals surface area contributed by atoms with Gasteiger partial charge in [-0.05, 0) is 89.9 Å².